The van der Waals surface area contributed by atoms with Gasteiger partial charge in [-0.15, -0.1) is 0 Å². The van der Waals surface area contributed by atoms with Gasteiger partial charge in [-0.1, -0.05) is 6.42 Å². The van der Waals surface area contributed by atoms with Gasteiger partial charge < -0.3 is 10.0 Å². The topological polar surface area (TPSA) is 23.5 Å². The second kappa shape index (κ2) is 4.42. The Kier molecular flexibility index (Phi) is 3.36. The normalized spacial score (nSPS) is 35.2. The summed E-state index contributed by atoms with van der Waals surface area (Å²) in [5.74, 6) is 0.615. The van der Waals surface area contributed by atoms with Crippen molar-refractivity contribution in [3.05, 3.63) is 0 Å². The summed E-state index contributed by atoms with van der Waals surface area (Å²) in [5.41, 5.74) is -0.318. The van der Waals surface area contributed by atoms with Gasteiger partial charge in [-0.05, 0) is 58.4 Å². The zero-order chi connectivity index (χ0) is 10.9. The molecule has 88 valence electrons. The SMILES string of the molecule is CC(C)N1CCCC(O)(C2CCC2)CC1. The van der Waals surface area contributed by atoms with E-state index in [1.165, 1.54) is 32.2 Å². The first kappa shape index (κ1) is 11.4. The van der Waals surface area contributed by atoms with Gasteiger partial charge in [0.05, 0.1) is 5.60 Å². The predicted octanol–water partition coefficient (Wildman–Crippen LogP) is 2.41. The summed E-state index contributed by atoms with van der Waals surface area (Å²) >= 11 is 0. The van der Waals surface area contributed by atoms with E-state index in [1.54, 1.807) is 0 Å². The maximum absolute atomic E-state index is 10.6. The van der Waals surface area contributed by atoms with Crippen molar-refractivity contribution in [1.29, 1.82) is 0 Å². The molecule has 0 aromatic carbocycles. The van der Waals surface area contributed by atoms with Gasteiger partial charge >= 0.3 is 0 Å². The van der Waals surface area contributed by atoms with E-state index in [1.807, 2.05) is 0 Å². The maximum atomic E-state index is 10.6. The lowest BCUT2D eigenvalue weighted by Crippen LogP contribution is -2.42. The third-order valence-corrected chi connectivity index (χ3v) is 4.48. The number of rotatable bonds is 2. The lowest BCUT2D eigenvalue weighted by atomic mass is 9.70. The highest BCUT2D eigenvalue weighted by molar-refractivity contribution is 4.93. The van der Waals surface area contributed by atoms with Crippen LogP contribution in [0.2, 0.25) is 0 Å². The van der Waals surface area contributed by atoms with Gasteiger partial charge in [0, 0.05) is 12.6 Å². The molecule has 1 N–H and O–H groups in total. The molecule has 1 aliphatic carbocycles. The van der Waals surface area contributed by atoms with Gasteiger partial charge in [-0.2, -0.15) is 0 Å². The lowest BCUT2D eigenvalue weighted by molar-refractivity contribution is -0.0612. The minimum atomic E-state index is -0.318. The van der Waals surface area contributed by atoms with Crippen LogP contribution in [0.25, 0.3) is 0 Å². The molecule has 1 unspecified atom stereocenters. The van der Waals surface area contributed by atoms with E-state index < -0.39 is 0 Å². The molecule has 1 heterocycles. The Hall–Kier alpha value is -0.0800. The van der Waals surface area contributed by atoms with E-state index in [4.69, 9.17) is 0 Å². The van der Waals surface area contributed by atoms with Crippen molar-refractivity contribution < 1.29 is 5.11 Å². The van der Waals surface area contributed by atoms with Gasteiger partial charge in [0.2, 0.25) is 0 Å². The minimum Gasteiger partial charge on any atom is -0.390 e. The first-order valence-corrected chi connectivity index (χ1v) is 6.58. The largest absolute Gasteiger partial charge is 0.390 e. The highest BCUT2D eigenvalue weighted by atomic mass is 16.3. The summed E-state index contributed by atoms with van der Waals surface area (Å²) in [6.45, 7) is 6.78. The van der Waals surface area contributed by atoms with E-state index in [9.17, 15) is 5.11 Å². The molecule has 1 atom stereocenters. The third kappa shape index (κ3) is 2.36. The van der Waals surface area contributed by atoms with Gasteiger partial charge in [0.1, 0.15) is 0 Å². The lowest BCUT2D eigenvalue weighted by Gasteiger charge is -2.41. The van der Waals surface area contributed by atoms with Crippen LogP contribution in [0.15, 0.2) is 0 Å². The molecule has 15 heavy (non-hydrogen) atoms. The zero-order valence-corrected chi connectivity index (χ0v) is 10.2. The van der Waals surface area contributed by atoms with Crippen molar-refractivity contribution >= 4 is 0 Å². The summed E-state index contributed by atoms with van der Waals surface area (Å²) in [4.78, 5) is 2.51. The number of hydrogen-bond donors (Lipinski definition) is 1. The third-order valence-electron chi connectivity index (χ3n) is 4.48. The Morgan fingerprint density at radius 1 is 1.13 bits per heavy atom. The molecular weight excluding hydrogens is 186 g/mol. The van der Waals surface area contributed by atoms with E-state index >= 15 is 0 Å². The van der Waals surface area contributed by atoms with E-state index in [0.717, 1.165) is 19.4 Å². The molecular formula is C13H25NO. The molecule has 0 aromatic heterocycles. The Morgan fingerprint density at radius 2 is 1.87 bits per heavy atom. The summed E-state index contributed by atoms with van der Waals surface area (Å²) in [5, 5.41) is 10.6. The van der Waals surface area contributed by atoms with Gasteiger partial charge in [-0.3, -0.25) is 0 Å². The maximum Gasteiger partial charge on any atom is 0.0688 e. The summed E-state index contributed by atoms with van der Waals surface area (Å²) in [6, 6.07) is 0.633. The van der Waals surface area contributed by atoms with Gasteiger partial charge in [0.15, 0.2) is 0 Å². The van der Waals surface area contributed by atoms with Crippen LogP contribution in [0.3, 0.4) is 0 Å². The van der Waals surface area contributed by atoms with E-state index in [0.29, 0.717) is 12.0 Å². The summed E-state index contributed by atoms with van der Waals surface area (Å²) in [7, 11) is 0. The molecule has 0 radical (unpaired) electrons. The van der Waals surface area contributed by atoms with Crippen molar-refractivity contribution in [3.8, 4) is 0 Å². The highest BCUT2D eigenvalue weighted by Crippen LogP contribution is 2.41. The number of likely N-dealkylation sites (tertiary alicyclic amines) is 1. The Morgan fingerprint density at radius 3 is 2.40 bits per heavy atom. The first-order chi connectivity index (χ1) is 7.12. The fraction of sp³-hybridized carbons (Fsp3) is 1.00. The molecule has 1 saturated carbocycles. The highest BCUT2D eigenvalue weighted by Gasteiger charge is 2.40. The van der Waals surface area contributed by atoms with Crippen molar-refractivity contribution in [2.24, 2.45) is 5.92 Å². The molecule has 1 aliphatic heterocycles. The van der Waals surface area contributed by atoms with Crippen molar-refractivity contribution in [1.82, 2.24) is 4.90 Å². The summed E-state index contributed by atoms with van der Waals surface area (Å²) in [6.07, 6.45) is 7.05. The summed E-state index contributed by atoms with van der Waals surface area (Å²) < 4.78 is 0. The Labute approximate surface area is 93.7 Å². The minimum absolute atomic E-state index is 0.318. The van der Waals surface area contributed by atoms with Gasteiger partial charge in [0.25, 0.3) is 0 Å². The molecule has 0 bridgehead atoms. The van der Waals surface area contributed by atoms with Crippen LogP contribution in [-0.4, -0.2) is 34.7 Å². The van der Waals surface area contributed by atoms with E-state index in [2.05, 4.69) is 18.7 Å². The van der Waals surface area contributed by atoms with Crippen molar-refractivity contribution in [2.75, 3.05) is 13.1 Å². The zero-order valence-electron chi connectivity index (χ0n) is 10.2. The predicted molar refractivity (Wildman–Crippen MR) is 62.9 cm³/mol. The molecule has 2 heteroatoms. The van der Waals surface area contributed by atoms with Crippen LogP contribution in [0.5, 0.6) is 0 Å². The van der Waals surface area contributed by atoms with Crippen LogP contribution >= 0.6 is 0 Å². The molecule has 2 fully saturated rings. The van der Waals surface area contributed by atoms with Crippen LogP contribution in [0.1, 0.15) is 52.4 Å². The van der Waals surface area contributed by atoms with Crippen LogP contribution in [0, 0.1) is 5.92 Å². The molecule has 0 aromatic rings. The second-order valence-corrected chi connectivity index (χ2v) is 5.71. The Bertz CT molecular complexity index is 213. The van der Waals surface area contributed by atoms with Gasteiger partial charge in [-0.25, -0.2) is 0 Å². The average Bonchev–Trinajstić information content (AvgIpc) is 2.24. The molecule has 0 spiro atoms. The Balaban J connectivity index is 1.93. The molecule has 2 rings (SSSR count). The monoisotopic (exact) mass is 211 g/mol. The quantitative estimate of drug-likeness (QED) is 0.758. The van der Waals surface area contributed by atoms with Crippen LogP contribution < -0.4 is 0 Å². The average molecular weight is 211 g/mol. The fourth-order valence-electron chi connectivity index (χ4n) is 3.03. The van der Waals surface area contributed by atoms with Crippen LogP contribution in [0.4, 0.5) is 0 Å². The first-order valence-electron chi connectivity index (χ1n) is 6.58. The standard InChI is InChI=1S/C13H25NO/c1-11(2)14-9-4-7-13(15,8-10-14)12-5-3-6-12/h11-12,15H,3-10H2,1-2H3. The number of nitrogens with zero attached hydrogens (tertiary/aromatic N) is 1. The molecule has 1 saturated heterocycles. The van der Waals surface area contributed by atoms with Crippen molar-refractivity contribution in [3.63, 3.8) is 0 Å². The van der Waals surface area contributed by atoms with Crippen LogP contribution in [-0.2, 0) is 0 Å². The fourth-order valence-corrected chi connectivity index (χ4v) is 3.03. The van der Waals surface area contributed by atoms with E-state index in [-0.39, 0.29) is 5.60 Å². The molecule has 2 nitrogen and oxygen atoms in total. The molecule has 0 amide bonds. The smallest absolute Gasteiger partial charge is 0.0688 e. The molecule has 2 aliphatic rings. The number of aliphatic hydroxyl groups is 1. The number of hydrogen-bond acceptors (Lipinski definition) is 2. The second-order valence-electron chi connectivity index (χ2n) is 5.71. The van der Waals surface area contributed by atoms with Crippen molar-refractivity contribution in [2.45, 2.75) is 64.0 Å².